The molecule has 3 aromatic heterocycles. The molecule has 2 fully saturated rings. The molecule has 2 N–H and O–H groups in total. The Morgan fingerprint density at radius 2 is 2.16 bits per heavy atom. The van der Waals surface area contributed by atoms with E-state index in [4.69, 9.17) is 14.1 Å². The van der Waals surface area contributed by atoms with Crippen molar-refractivity contribution in [3.63, 3.8) is 0 Å². The Balaban J connectivity index is 1.28. The molecule has 234 valence electrons. The van der Waals surface area contributed by atoms with E-state index in [0.29, 0.717) is 42.8 Å². The Labute approximate surface area is 265 Å². The largest absolute Gasteiger partial charge is 0.443 e. The van der Waals surface area contributed by atoms with Crippen LogP contribution in [0.15, 0.2) is 59.0 Å². The van der Waals surface area contributed by atoms with Crippen LogP contribution in [0, 0.1) is 16.7 Å². The normalized spacial score (nSPS) is 18.2. The van der Waals surface area contributed by atoms with Gasteiger partial charge in [-0.3, -0.25) is 14.9 Å². The lowest BCUT2D eigenvalue weighted by atomic mass is 10.0. The molecule has 1 aromatic carbocycles. The van der Waals surface area contributed by atoms with Crippen molar-refractivity contribution in [3.05, 3.63) is 65.0 Å². The zero-order valence-corrected chi connectivity index (χ0v) is 26.5. The van der Waals surface area contributed by atoms with Crippen LogP contribution in [0.2, 0.25) is 0 Å². The van der Waals surface area contributed by atoms with Crippen LogP contribution >= 0.6 is 11.3 Å². The molecular formula is C33H37N7O4S. The summed E-state index contributed by atoms with van der Waals surface area (Å²) in [5, 5.41) is 16.3. The van der Waals surface area contributed by atoms with Gasteiger partial charge in [0.25, 0.3) is 11.8 Å². The van der Waals surface area contributed by atoms with E-state index in [9.17, 15) is 14.9 Å². The summed E-state index contributed by atoms with van der Waals surface area (Å²) in [5.41, 5.74) is 2.81. The lowest BCUT2D eigenvalue weighted by molar-refractivity contribution is -0.127. The second-order valence-corrected chi connectivity index (χ2v) is 13.3. The first-order chi connectivity index (χ1) is 21.8. The van der Waals surface area contributed by atoms with Gasteiger partial charge in [-0.05, 0) is 67.9 Å². The van der Waals surface area contributed by atoms with Gasteiger partial charge in [-0.1, -0.05) is 19.1 Å². The van der Waals surface area contributed by atoms with Gasteiger partial charge in [0.05, 0.1) is 39.6 Å². The van der Waals surface area contributed by atoms with E-state index in [1.54, 1.807) is 19.4 Å². The number of hydrogen-bond donors (Lipinski definition) is 2. The number of anilines is 1. The summed E-state index contributed by atoms with van der Waals surface area (Å²) in [7, 11) is 1.68. The van der Waals surface area contributed by atoms with Crippen molar-refractivity contribution in [1.82, 2.24) is 24.8 Å². The van der Waals surface area contributed by atoms with E-state index >= 15 is 0 Å². The molecule has 4 aromatic rings. The number of benzene rings is 1. The summed E-state index contributed by atoms with van der Waals surface area (Å²) in [5.74, 6) is 0.493. The highest BCUT2D eigenvalue weighted by Crippen LogP contribution is 2.47. The van der Waals surface area contributed by atoms with Crippen molar-refractivity contribution >= 4 is 40.1 Å². The maximum absolute atomic E-state index is 13.6. The topological polar surface area (TPSA) is 138 Å². The number of hydrogen-bond acceptors (Lipinski definition) is 9. The highest BCUT2D eigenvalue weighted by Gasteiger charge is 2.38. The number of amides is 2. The van der Waals surface area contributed by atoms with Gasteiger partial charge in [0, 0.05) is 32.8 Å². The van der Waals surface area contributed by atoms with Gasteiger partial charge >= 0.3 is 0 Å². The molecule has 0 bridgehead atoms. The van der Waals surface area contributed by atoms with Crippen LogP contribution in [0.1, 0.15) is 54.8 Å². The fraction of sp³-hybridized carbons (Fsp3) is 0.424. The predicted molar refractivity (Wildman–Crippen MR) is 171 cm³/mol. The van der Waals surface area contributed by atoms with Gasteiger partial charge in [0.2, 0.25) is 5.95 Å². The van der Waals surface area contributed by atoms with E-state index in [2.05, 4.69) is 35.5 Å². The third-order valence-corrected chi connectivity index (χ3v) is 9.63. The second kappa shape index (κ2) is 13.0. The molecule has 2 aliphatic rings. The van der Waals surface area contributed by atoms with Crippen LogP contribution < -0.4 is 10.6 Å². The number of allylic oxidation sites excluding steroid dienone is 1. The van der Waals surface area contributed by atoms with Crippen molar-refractivity contribution in [2.75, 3.05) is 25.6 Å². The number of nitrogens with one attached hydrogen (secondary N) is 2. The predicted octanol–water partition coefficient (Wildman–Crippen LogP) is 5.37. The molecule has 2 unspecified atom stereocenters. The number of carbonyl (C=O) groups excluding carboxylic acids is 2. The number of nitriles is 1. The van der Waals surface area contributed by atoms with Gasteiger partial charge in [-0.2, -0.15) is 5.26 Å². The molecule has 1 saturated carbocycles. The van der Waals surface area contributed by atoms with Crippen molar-refractivity contribution < 1.29 is 18.7 Å². The fourth-order valence-corrected chi connectivity index (χ4v) is 6.60. The first-order valence-corrected chi connectivity index (χ1v) is 16.0. The molecule has 6 rings (SSSR count). The summed E-state index contributed by atoms with van der Waals surface area (Å²) < 4.78 is 12.6. The third kappa shape index (κ3) is 6.86. The highest BCUT2D eigenvalue weighted by molar-refractivity contribution is 7.17. The number of methoxy groups -OCH3 is 1. The number of nitrogens with zero attached hydrogens (tertiary/aromatic N) is 5. The minimum atomic E-state index is -0.288. The quantitative estimate of drug-likeness (QED) is 0.158. The van der Waals surface area contributed by atoms with Crippen LogP contribution in [0.5, 0.6) is 0 Å². The number of ether oxygens (including phenoxy) is 1. The lowest BCUT2D eigenvalue weighted by Gasteiger charge is -2.26. The standard InChI is InChI=1S/C33H37N7O4S/c1-21(19-43-3)36-16-22-6-7-26-25(13-22)37-32(38-30(41)29-9-8-28(45-29)27-17-35-20-44-27)40(26)18-24-5-4-12-39(24)31(42)23(15-34)14-33(2)10-11-33/h6-9,13-14,17,20-21,24,36H,4-5,10-12,16,18-19H2,1-3H3,(H,37,38,41). The molecule has 4 heterocycles. The molecular weight excluding hydrogens is 590 g/mol. The molecule has 1 aliphatic carbocycles. The van der Waals surface area contributed by atoms with Gasteiger partial charge in [0.1, 0.15) is 11.6 Å². The molecule has 0 spiro atoms. The summed E-state index contributed by atoms with van der Waals surface area (Å²) in [6.07, 6.45) is 8.44. The molecule has 2 atom stereocenters. The van der Waals surface area contributed by atoms with Gasteiger partial charge in [-0.25, -0.2) is 9.97 Å². The van der Waals surface area contributed by atoms with E-state index in [1.165, 1.54) is 17.7 Å². The smallest absolute Gasteiger partial charge is 0.268 e. The molecule has 1 saturated heterocycles. The number of thiophene rings is 1. The summed E-state index contributed by atoms with van der Waals surface area (Å²) >= 11 is 1.31. The first-order valence-electron chi connectivity index (χ1n) is 15.2. The van der Waals surface area contributed by atoms with Gasteiger partial charge in [0.15, 0.2) is 12.2 Å². The van der Waals surface area contributed by atoms with Crippen LogP contribution in [0.3, 0.4) is 0 Å². The number of oxazole rings is 1. The maximum Gasteiger partial charge on any atom is 0.268 e. The Morgan fingerprint density at radius 1 is 1.31 bits per heavy atom. The number of rotatable bonds is 12. The number of fused-ring (bicyclic) bond motifs is 1. The second-order valence-electron chi connectivity index (χ2n) is 12.2. The minimum absolute atomic E-state index is 0.0586. The Morgan fingerprint density at radius 3 is 2.89 bits per heavy atom. The lowest BCUT2D eigenvalue weighted by Crippen LogP contribution is -2.39. The number of imidazole rings is 1. The van der Waals surface area contributed by atoms with E-state index in [-0.39, 0.29) is 34.9 Å². The third-order valence-electron chi connectivity index (χ3n) is 8.53. The average molecular weight is 628 g/mol. The van der Waals surface area contributed by atoms with Crippen LogP contribution in [-0.4, -0.2) is 63.6 Å². The monoisotopic (exact) mass is 627 g/mol. The van der Waals surface area contributed by atoms with Gasteiger partial charge < -0.3 is 23.9 Å². The number of carbonyl (C=O) groups is 2. The van der Waals surface area contributed by atoms with E-state index in [0.717, 1.165) is 47.2 Å². The molecule has 45 heavy (non-hydrogen) atoms. The Hall–Kier alpha value is -4.31. The molecule has 0 radical (unpaired) electrons. The van der Waals surface area contributed by atoms with Crippen molar-refractivity contribution in [2.24, 2.45) is 5.41 Å². The first kappa shape index (κ1) is 30.7. The number of aromatic nitrogens is 3. The van der Waals surface area contributed by atoms with Crippen LogP contribution in [0.4, 0.5) is 5.95 Å². The fourth-order valence-electron chi connectivity index (χ4n) is 5.75. The average Bonchev–Trinajstić information content (AvgIpc) is 3.60. The summed E-state index contributed by atoms with van der Waals surface area (Å²) in [6, 6.07) is 11.9. The molecule has 12 heteroatoms. The van der Waals surface area contributed by atoms with Gasteiger partial charge in [-0.15, -0.1) is 11.3 Å². The van der Waals surface area contributed by atoms with E-state index in [1.807, 2.05) is 39.8 Å². The Kier molecular flexibility index (Phi) is 8.85. The van der Waals surface area contributed by atoms with Crippen molar-refractivity contribution in [1.29, 1.82) is 5.26 Å². The summed E-state index contributed by atoms with van der Waals surface area (Å²) in [6.45, 7) is 6.41. The zero-order valence-electron chi connectivity index (χ0n) is 25.7. The maximum atomic E-state index is 13.6. The number of likely N-dealkylation sites (tertiary alicyclic amines) is 1. The SMILES string of the molecule is COCC(C)NCc1ccc2c(c1)nc(NC(=O)c1ccc(-c3cnco3)s1)n2CC1CCCN1C(=O)C(C#N)=CC1(C)CC1. The van der Waals surface area contributed by atoms with Crippen LogP contribution in [-0.2, 0) is 22.6 Å². The van der Waals surface area contributed by atoms with Crippen molar-refractivity contribution in [3.8, 4) is 16.7 Å². The molecule has 1 aliphatic heterocycles. The van der Waals surface area contributed by atoms with Crippen LogP contribution in [0.25, 0.3) is 21.7 Å². The van der Waals surface area contributed by atoms with E-state index < -0.39 is 0 Å². The molecule has 11 nitrogen and oxygen atoms in total. The Bertz CT molecular complexity index is 1760. The summed E-state index contributed by atoms with van der Waals surface area (Å²) in [4.78, 5) is 39.0. The molecule has 2 amide bonds. The van der Waals surface area contributed by atoms with Crippen molar-refractivity contribution in [2.45, 2.75) is 64.7 Å². The zero-order chi connectivity index (χ0) is 31.6. The minimum Gasteiger partial charge on any atom is -0.443 e. The highest BCUT2D eigenvalue weighted by atomic mass is 32.1.